The molecule has 0 radical (unpaired) electrons. The molecule has 4 rings (SSSR count). The van der Waals surface area contributed by atoms with E-state index >= 15 is 0 Å². The van der Waals surface area contributed by atoms with Gasteiger partial charge in [0.05, 0.1) is 11.0 Å². The minimum Gasteiger partial charge on any atom is -0.507 e. The highest BCUT2D eigenvalue weighted by molar-refractivity contribution is 5.88. The van der Waals surface area contributed by atoms with E-state index in [-0.39, 0.29) is 17.9 Å². The lowest BCUT2D eigenvalue weighted by Gasteiger charge is -2.09. The van der Waals surface area contributed by atoms with Crippen LogP contribution in [0.2, 0.25) is 0 Å². The fourth-order valence-corrected chi connectivity index (χ4v) is 2.87. The number of hydrogen-bond donors (Lipinski definition) is 2. The fraction of sp³-hybridized carbons (Fsp3) is 0.0476. The summed E-state index contributed by atoms with van der Waals surface area (Å²) in [6, 6.07) is 23.0. The van der Waals surface area contributed by atoms with Gasteiger partial charge in [0.15, 0.2) is 11.6 Å². The number of nitrogens with zero attached hydrogens (tertiary/aromatic N) is 2. The second kappa shape index (κ2) is 6.61. The van der Waals surface area contributed by atoms with Gasteiger partial charge in [-0.05, 0) is 23.6 Å². The molecule has 0 fully saturated rings. The number of ether oxygens (including phenoxy) is 1. The third-order valence-corrected chi connectivity index (χ3v) is 4.14. The van der Waals surface area contributed by atoms with Gasteiger partial charge >= 0.3 is 0 Å². The van der Waals surface area contributed by atoms with Crippen molar-refractivity contribution in [3.63, 3.8) is 0 Å². The van der Waals surface area contributed by atoms with E-state index in [4.69, 9.17) is 4.74 Å². The Morgan fingerprint density at radius 1 is 1.04 bits per heavy atom. The van der Waals surface area contributed by atoms with Crippen LogP contribution < -0.4 is 4.74 Å². The van der Waals surface area contributed by atoms with Crippen LogP contribution >= 0.6 is 0 Å². The third-order valence-electron chi connectivity index (χ3n) is 4.14. The van der Waals surface area contributed by atoms with Gasteiger partial charge in [-0.2, -0.15) is 5.26 Å². The maximum Gasteiger partial charge on any atom is 0.152 e. The van der Waals surface area contributed by atoms with Crippen molar-refractivity contribution in [3.8, 4) is 11.8 Å². The number of rotatable bonds is 4. The van der Waals surface area contributed by atoms with Crippen LogP contribution in [-0.2, 0) is 0 Å². The minimum absolute atomic E-state index is 0.0708. The summed E-state index contributed by atoms with van der Waals surface area (Å²) in [4.78, 5) is 7.41. The first-order valence-corrected chi connectivity index (χ1v) is 8.14. The van der Waals surface area contributed by atoms with Gasteiger partial charge in [-0.1, -0.05) is 48.5 Å². The molecule has 0 saturated carbocycles. The molecule has 126 valence electrons. The predicted molar refractivity (Wildman–Crippen MR) is 101 cm³/mol. The van der Waals surface area contributed by atoms with Crippen molar-refractivity contribution >= 4 is 27.4 Å². The van der Waals surface area contributed by atoms with Gasteiger partial charge in [-0.25, -0.2) is 4.98 Å². The Kier molecular flexibility index (Phi) is 4.00. The standard InChI is InChI=1S/C21H15N3O2/c22-12-16(21-23-17-9-3-4-10-18(17)24-21)19(25)13-26-20-11-5-7-14-6-1-2-8-15(14)20/h1-11,25H,13H2,(H,23,24)/b19-16+. The summed E-state index contributed by atoms with van der Waals surface area (Å²) in [6.07, 6.45) is 0. The van der Waals surface area contributed by atoms with Crippen molar-refractivity contribution in [2.75, 3.05) is 6.61 Å². The molecule has 1 heterocycles. The monoisotopic (exact) mass is 341 g/mol. The number of nitriles is 1. The number of fused-ring (bicyclic) bond motifs is 2. The van der Waals surface area contributed by atoms with E-state index in [9.17, 15) is 10.4 Å². The van der Waals surface area contributed by atoms with Gasteiger partial charge in [-0.3, -0.25) is 0 Å². The number of H-pyrrole nitrogens is 1. The molecule has 0 aliphatic heterocycles. The predicted octanol–water partition coefficient (Wildman–Crippen LogP) is 4.59. The molecule has 0 aliphatic rings. The number of aliphatic hydroxyl groups excluding tert-OH is 1. The summed E-state index contributed by atoms with van der Waals surface area (Å²) < 4.78 is 5.76. The topological polar surface area (TPSA) is 81.9 Å². The van der Waals surface area contributed by atoms with E-state index in [2.05, 4.69) is 9.97 Å². The lowest BCUT2D eigenvalue weighted by molar-refractivity contribution is 0.275. The summed E-state index contributed by atoms with van der Waals surface area (Å²) >= 11 is 0. The van der Waals surface area contributed by atoms with Gasteiger partial charge in [-0.15, -0.1) is 0 Å². The lowest BCUT2D eigenvalue weighted by atomic mass is 10.1. The Bertz CT molecular complexity index is 1130. The van der Waals surface area contributed by atoms with Crippen molar-refractivity contribution < 1.29 is 9.84 Å². The van der Waals surface area contributed by atoms with E-state index in [1.807, 2.05) is 72.8 Å². The van der Waals surface area contributed by atoms with Crippen LogP contribution in [0.1, 0.15) is 5.82 Å². The van der Waals surface area contributed by atoms with Crippen molar-refractivity contribution in [3.05, 3.63) is 78.3 Å². The zero-order valence-corrected chi connectivity index (χ0v) is 13.8. The molecule has 0 saturated heterocycles. The Balaban J connectivity index is 1.64. The van der Waals surface area contributed by atoms with E-state index in [1.165, 1.54) is 0 Å². The van der Waals surface area contributed by atoms with E-state index in [1.54, 1.807) is 0 Å². The highest BCUT2D eigenvalue weighted by Crippen LogP contribution is 2.26. The average Bonchev–Trinajstić information content (AvgIpc) is 3.10. The zero-order valence-electron chi connectivity index (χ0n) is 13.8. The molecular weight excluding hydrogens is 326 g/mol. The molecule has 0 amide bonds. The number of aromatic amines is 1. The normalized spacial score (nSPS) is 12.0. The molecule has 0 spiro atoms. The van der Waals surface area contributed by atoms with E-state index in [0.717, 1.165) is 21.8 Å². The molecule has 5 nitrogen and oxygen atoms in total. The zero-order chi connectivity index (χ0) is 17.9. The number of hydrogen-bond acceptors (Lipinski definition) is 4. The lowest BCUT2D eigenvalue weighted by Crippen LogP contribution is -2.04. The summed E-state index contributed by atoms with van der Waals surface area (Å²) in [6.45, 7) is -0.117. The van der Waals surface area contributed by atoms with Crippen molar-refractivity contribution in [1.29, 1.82) is 5.26 Å². The quantitative estimate of drug-likeness (QED) is 0.420. The number of nitrogens with one attached hydrogen (secondary N) is 1. The summed E-state index contributed by atoms with van der Waals surface area (Å²) in [5.41, 5.74) is 1.61. The number of para-hydroxylation sites is 2. The Morgan fingerprint density at radius 3 is 2.65 bits per heavy atom. The minimum atomic E-state index is -0.167. The van der Waals surface area contributed by atoms with E-state index < -0.39 is 0 Å². The Hall–Kier alpha value is -3.78. The first-order valence-electron chi connectivity index (χ1n) is 8.14. The van der Waals surface area contributed by atoms with Gasteiger partial charge in [0, 0.05) is 5.39 Å². The smallest absolute Gasteiger partial charge is 0.152 e. The third kappa shape index (κ3) is 2.85. The largest absolute Gasteiger partial charge is 0.507 e. The van der Waals surface area contributed by atoms with Gasteiger partial charge in [0.2, 0.25) is 0 Å². The van der Waals surface area contributed by atoms with Crippen LogP contribution in [0.25, 0.3) is 27.4 Å². The Labute approximate surface area is 149 Å². The molecule has 5 heteroatoms. The van der Waals surface area contributed by atoms with Crippen LogP contribution in [-0.4, -0.2) is 21.7 Å². The maximum atomic E-state index is 10.4. The Morgan fingerprint density at radius 2 is 1.81 bits per heavy atom. The first-order chi connectivity index (χ1) is 12.8. The van der Waals surface area contributed by atoms with Crippen LogP contribution in [0, 0.1) is 11.3 Å². The fourth-order valence-electron chi connectivity index (χ4n) is 2.87. The number of benzene rings is 3. The SMILES string of the molecule is N#C/C(=C(\O)COc1cccc2ccccc12)c1nc2ccccc2[nH]1. The van der Waals surface area contributed by atoms with Crippen LogP contribution in [0.4, 0.5) is 0 Å². The molecule has 3 aromatic carbocycles. The highest BCUT2D eigenvalue weighted by Gasteiger charge is 2.14. The molecular formula is C21H15N3O2. The average molecular weight is 341 g/mol. The summed E-state index contributed by atoms with van der Waals surface area (Å²) in [5, 5.41) is 21.9. The van der Waals surface area contributed by atoms with Crippen molar-refractivity contribution in [2.45, 2.75) is 0 Å². The number of aliphatic hydroxyl groups is 1. The molecule has 1 aromatic heterocycles. The number of imidazole rings is 1. The molecule has 26 heavy (non-hydrogen) atoms. The molecule has 0 unspecified atom stereocenters. The van der Waals surface area contributed by atoms with E-state index in [0.29, 0.717) is 11.6 Å². The molecule has 4 aromatic rings. The number of aromatic nitrogens is 2. The molecule has 0 bridgehead atoms. The molecule has 0 atom stereocenters. The van der Waals surface area contributed by atoms with Crippen LogP contribution in [0.3, 0.4) is 0 Å². The second-order valence-corrected chi connectivity index (χ2v) is 5.80. The van der Waals surface area contributed by atoms with Crippen LogP contribution in [0.15, 0.2) is 72.5 Å². The summed E-state index contributed by atoms with van der Waals surface area (Å²) in [7, 11) is 0. The van der Waals surface area contributed by atoms with Gasteiger partial charge < -0.3 is 14.8 Å². The summed E-state index contributed by atoms with van der Waals surface area (Å²) in [5.74, 6) is 0.809. The van der Waals surface area contributed by atoms with Crippen molar-refractivity contribution in [1.82, 2.24) is 9.97 Å². The first kappa shape index (κ1) is 15.7. The molecule has 2 N–H and O–H groups in total. The highest BCUT2D eigenvalue weighted by atomic mass is 16.5. The second-order valence-electron chi connectivity index (χ2n) is 5.80. The maximum absolute atomic E-state index is 10.4. The van der Waals surface area contributed by atoms with Crippen LogP contribution in [0.5, 0.6) is 5.75 Å². The van der Waals surface area contributed by atoms with Crippen molar-refractivity contribution in [2.24, 2.45) is 0 Å². The van der Waals surface area contributed by atoms with Gasteiger partial charge in [0.1, 0.15) is 24.0 Å². The van der Waals surface area contributed by atoms with Gasteiger partial charge in [0.25, 0.3) is 0 Å². The number of allylic oxidation sites excluding steroid dienone is 1. The molecule has 0 aliphatic carbocycles.